The van der Waals surface area contributed by atoms with E-state index in [9.17, 15) is 9.59 Å². The van der Waals surface area contributed by atoms with E-state index in [0.717, 1.165) is 34.4 Å². The lowest BCUT2D eigenvalue weighted by Crippen LogP contribution is -2.41. The maximum atomic E-state index is 12.5. The molecule has 0 amide bonds. The highest BCUT2D eigenvalue weighted by Crippen LogP contribution is 2.30. The molecule has 1 atom stereocenters. The summed E-state index contributed by atoms with van der Waals surface area (Å²) in [6, 6.07) is 7.66. The van der Waals surface area contributed by atoms with Crippen molar-refractivity contribution in [2.45, 2.75) is 65.1 Å². The summed E-state index contributed by atoms with van der Waals surface area (Å²) in [5, 5.41) is 3.33. The van der Waals surface area contributed by atoms with E-state index in [1.165, 1.54) is 0 Å². The molecule has 0 aliphatic carbocycles. The molecular weight excluding hydrogens is 484 g/mol. The lowest BCUT2D eigenvalue weighted by Gasteiger charge is -2.24. The van der Waals surface area contributed by atoms with Gasteiger partial charge in [-0.1, -0.05) is 13.0 Å². The number of carbonyl (C=O) groups is 1. The molecular formula is C29H42N4O5. The molecule has 0 fully saturated rings. The highest BCUT2D eigenvalue weighted by molar-refractivity contribution is 5.81. The normalized spacial score (nSPS) is 12.9. The van der Waals surface area contributed by atoms with Crippen molar-refractivity contribution in [2.75, 3.05) is 34.0 Å². The van der Waals surface area contributed by atoms with Gasteiger partial charge in [0.1, 0.15) is 17.5 Å². The van der Waals surface area contributed by atoms with Crippen molar-refractivity contribution in [2.24, 2.45) is 7.05 Å². The van der Waals surface area contributed by atoms with E-state index in [0.29, 0.717) is 31.7 Å². The number of hydrogen-bond donors (Lipinski definition) is 1. The SMILES string of the molecule is CCC(NCCc1ccc2c(c1)nc(-c1cc(C)c(=O)n(C)c1)n2C(COC)COC)C(=O)OC(C)(C)C. The zero-order valence-electron chi connectivity index (χ0n) is 24.0. The average molecular weight is 527 g/mol. The van der Waals surface area contributed by atoms with Crippen molar-refractivity contribution in [3.05, 3.63) is 51.9 Å². The summed E-state index contributed by atoms with van der Waals surface area (Å²) in [5.41, 5.74) is 3.87. The molecule has 0 spiro atoms. The number of methoxy groups -OCH3 is 2. The minimum absolute atomic E-state index is 0.0340. The number of aryl methyl sites for hydroxylation is 2. The zero-order chi connectivity index (χ0) is 28.0. The monoisotopic (exact) mass is 526 g/mol. The van der Waals surface area contributed by atoms with Crippen molar-refractivity contribution in [3.63, 3.8) is 0 Å². The summed E-state index contributed by atoms with van der Waals surface area (Å²) in [4.78, 5) is 29.8. The smallest absolute Gasteiger partial charge is 0.323 e. The number of carbonyl (C=O) groups excluding carboxylic acids is 1. The first kappa shape index (κ1) is 29.5. The Labute approximate surface area is 225 Å². The van der Waals surface area contributed by atoms with Crippen LogP contribution in [0.2, 0.25) is 0 Å². The molecule has 0 saturated heterocycles. The fourth-order valence-electron chi connectivity index (χ4n) is 4.61. The third-order valence-corrected chi connectivity index (χ3v) is 6.36. The number of nitrogens with one attached hydrogen (secondary N) is 1. The molecule has 208 valence electrons. The Morgan fingerprint density at radius 3 is 2.39 bits per heavy atom. The summed E-state index contributed by atoms with van der Waals surface area (Å²) in [6.45, 7) is 10.9. The summed E-state index contributed by atoms with van der Waals surface area (Å²) in [7, 11) is 5.09. The third-order valence-electron chi connectivity index (χ3n) is 6.36. The molecule has 0 aliphatic rings. The van der Waals surface area contributed by atoms with Crippen LogP contribution in [0.5, 0.6) is 0 Å². The van der Waals surface area contributed by atoms with Gasteiger partial charge in [0.05, 0.1) is 30.3 Å². The molecule has 2 aromatic heterocycles. The maximum absolute atomic E-state index is 12.5. The lowest BCUT2D eigenvalue weighted by molar-refractivity contribution is -0.157. The molecule has 38 heavy (non-hydrogen) atoms. The number of imidazole rings is 1. The van der Waals surface area contributed by atoms with Crippen molar-refractivity contribution >= 4 is 17.0 Å². The van der Waals surface area contributed by atoms with E-state index >= 15 is 0 Å². The number of aromatic nitrogens is 3. The topological polar surface area (TPSA) is 96.6 Å². The van der Waals surface area contributed by atoms with Gasteiger partial charge in [-0.2, -0.15) is 0 Å². The number of ether oxygens (including phenoxy) is 3. The Bertz CT molecular complexity index is 1270. The molecule has 9 heteroatoms. The van der Waals surface area contributed by atoms with Crippen LogP contribution in [-0.4, -0.2) is 65.7 Å². The molecule has 1 aromatic carbocycles. The fourth-order valence-corrected chi connectivity index (χ4v) is 4.61. The Morgan fingerprint density at radius 2 is 1.82 bits per heavy atom. The predicted octanol–water partition coefficient (Wildman–Crippen LogP) is 3.80. The average Bonchev–Trinajstić information content (AvgIpc) is 3.22. The highest BCUT2D eigenvalue weighted by atomic mass is 16.6. The number of nitrogens with zero attached hydrogens (tertiary/aromatic N) is 3. The van der Waals surface area contributed by atoms with Gasteiger partial charge < -0.3 is 28.7 Å². The highest BCUT2D eigenvalue weighted by Gasteiger charge is 2.24. The first-order valence-corrected chi connectivity index (χ1v) is 13.1. The molecule has 1 unspecified atom stereocenters. The predicted molar refractivity (Wildman–Crippen MR) is 150 cm³/mol. The Balaban J connectivity index is 1.93. The summed E-state index contributed by atoms with van der Waals surface area (Å²) in [6.07, 6.45) is 3.20. The number of esters is 1. The van der Waals surface area contributed by atoms with Gasteiger partial charge in [0.25, 0.3) is 5.56 Å². The van der Waals surface area contributed by atoms with Crippen LogP contribution < -0.4 is 10.9 Å². The first-order valence-electron chi connectivity index (χ1n) is 13.1. The standard InChI is InChI=1S/C29H42N4O5/c1-9-23(28(35)38-29(3,4)5)30-13-12-20-10-11-25-24(15-20)31-26(33(25)22(17-36-7)18-37-8)21-14-19(2)27(34)32(6)16-21/h10-11,14-16,22-23,30H,9,12-13,17-18H2,1-8H3. The van der Waals surface area contributed by atoms with Crippen molar-refractivity contribution < 1.29 is 19.0 Å². The molecule has 3 rings (SSSR count). The summed E-state index contributed by atoms with van der Waals surface area (Å²) < 4.78 is 20.3. The third kappa shape index (κ3) is 7.09. The number of hydrogen-bond acceptors (Lipinski definition) is 7. The van der Waals surface area contributed by atoms with Gasteiger partial charge in [-0.25, -0.2) is 4.98 Å². The van der Waals surface area contributed by atoms with Gasteiger partial charge in [-0.05, 0) is 70.8 Å². The van der Waals surface area contributed by atoms with E-state index in [-0.39, 0.29) is 23.6 Å². The van der Waals surface area contributed by atoms with Gasteiger partial charge >= 0.3 is 5.97 Å². The van der Waals surface area contributed by atoms with Gasteiger partial charge in [-0.3, -0.25) is 9.59 Å². The zero-order valence-corrected chi connectivity index (χ0v) is 24.0. The van der Waals surface area contributed by atoms with E-state index in [1.54, 1.807) is 25.8 Å². The van der Waals surface area contributed by atoms with E-state index in [4.69, 9.17) is 19.2 Å². The quantitative estimate of drug-likeness (QED) is 0.359. The van der Waals surface area contributed by atoms with Crippen LogP contribution in [0.4, 0.5) is 0 Å². The molecule has 9 nitrogen and oxygen atoms in total. The fraction of sp³-hybridized carbons (Fsp3) is 0.552. The van der Waals surface area contributed by atoms with Crippen LogP contribution in [0, 0.1) is 6.92 Å². The minimum Gasteiger partial charge on any atom is -0.459 e. The Morgan fingerprint density at radius 1 is 1.13 bits per heavy atom. The summed E-state index contributed by atoms with van der Waals surface area (Å²) >= 11 is 0. The van der Waals surface area contributed by atoms with Crippen LogP contribution in [-0.2, 0) is 32.5 Å². The molecule has 2 heterocycles. The molecule has 0 aliphatic heterocycles. The minimum atomic E-state index is -0.513. The lowest BCUT2D eigenvalue weighted by atomic mass is 10.1. The number of rotatable bonds is 12. The Kier molecular flexibility index (Phi) is 9.87. The van der Waals surface area contributed by atoms with E-state index < -0.39 is 5.60 Å². The number of fused-ring (bicyclic) bond motifs is 1. The maximum Gasteiger partial charge on any atom is 0.323 e. The van der Waals surface area contributed by atoms with Crippen molar-refractivity contribution in [3.8, 4) is 11.4 Å². The van der Waals surface area contributed by atoms with Crippen LogP contribution >= 0.6 is 0 Å². The van der Waals surface area contributed by atoms with Crippen LogP contribution in [0.25, 0.3) is 22.4 Å². The van der Waals surface area contributed by atoms with Gasteiger partial charge in [-0.15, -0.1) is 0 Å². The second kappa shape index (κ2) is 12.7. The largest absolute Gasteiger partial charge is 0.459 e. The molecule has 0 bridgehead atoms. The second-order valence-corrected chi connectivity index (χ2v) is 10.7. The number of pyridine rings is 1. The molecule has 0 saturated carbocycles. The van der Waals surface area contributed by atoms with Gasteiger partial charge in [0.15, 0.2) is 0 Å². The van der Waals surface area contributed by atoms with Crippen LogP contribution in [0.3, 0.4) is 0 Å². The summed E-state index contributed by atoms with van der Waals surface area (Å²) in [5.74, 6) is 0.526. The number of benzene rings is 1. The van der Waals surface area contributed by atoms with Crippen molar-refractivity contribution in [1.82, 2.24) is 19.4 Å². The molecule has 0 radical (unpaired) electrons. The van der Waals surface area contributed by atoms with Crippen LogP contribution in [0.1, 0.15) is 51.3 Å². The van der Waals surface area contributed by atoms with E-state index in [1.807, 2.05) is 46.9 Å². The molecule has 3 aromatic rings. The van der Waals surface area contributed by atoms with E-state index in [2.05, 4.69) is 28.1 Å². The van der Waals surface area contributed by atoms with Crippen molar-refractivity contribution in [1.29, 1.82) is 0 Å². The van der Waals surface area contributed by atoms with Crippen LogP contribution in [0.15, 0.2) is 35.3 Å². The van der Waals surface area contributed by atoms with Gasteiger partial charge in [0, 0.05) is 38.6 Å². The second-order valence-electron chi connectivity index (χ2n) is 10.7. The van der Waals surface area contributed by atoms with Gasteiger partial charge in [0.2, 0.25) is 0 Å². The molecule has 1 N–H and O–H groups in total. The Hall–Kier alpha value is -3.01. The first-order chi connectivity index (χ1) is 18.0.